The summed E-state index contributed by atoms with van der Waals surface area (Å²) in [6, 6.07) is 0.282. The first kappa shape index (κ1) is 14.7. The van der Waals surface area contributed by atoms with Crippen LogP contribution < -0.4 is 5.73 Å². The highest BCUT2D eigenvalue weighted by Gasteiger charge is 2.27. The summed E-state index contributed by atoms with van der Waals surface area (Å²) in [6.45, 7) is 15.7. The van der Waals surface area contributed by atoms with Crippen LogP contribution in [0, 0.1) is 17.8 Å². The van der Waals surface area contributed by atoms with E-state index < -0.39 is 0 Å². The fourth-order valence-electron chi connectivity index (χ4n) is 2.48. The second kappa shape index (κ2) is 6.32. The minimum Gasteiger partial charge on any atom is -0.328 e. The molecule has 0 saturated carbocycles. The van der Waals surface area contributed by atoms with Crippen molar-refractivity contribution in [2.45, 2.75) is 60.9 Å². The summed E-state index contributed by atoms with van der Waals surface area (Å²) in [6.07, 6.45) is 1.21. The van der Waals surface area contributed by atoms with Crippen molar-refractivity contribution in [3.8, 4) is 0 Å². The molecule has 0 fully saturated rings. The molecule has 2 N–H and O–H groups in total. The van der Waals surface area contributed by atoms with E-state index in [1.54, 1.807) is 0 Å². The maximum absolute atomic E-state index is 6.13. The SMILES string of the molecule is CCC(C)C(C(C)N)C(C)C(C)=C(C)C. The van der Waals surface area contributed by atoms with Crippen LogP contribution in [0.5, 0.6) is 0 Å². The van der Waals surface area contributed by atoms with E-state index in [0.29, 0.717) is 17.8 Å². The molecule has 0 aromatic rings. The van der Waals surface area contributed by atoms with Gasteiger partial charge < -0.3 is 5.73 Å². The zero-order valence-corrected chi connectivity index (χ0v) is 11.6. The number of nitrogens with two attached hydrogens (primary N) is 1. The van der Waals surface area contributed by atoms with Gasteiger partial charge in [0, 0.05) is 6.04 Å². The van der Waals surface area contributed by atoms with Gasteiger partial charge in [-0.05, 0) is 45.4 Å². The second-order valence-electron chi connectivity index (χ2n) is 5.29. The first-order chi connectivity index (χ1) is 6.82. The number of hydrogen-bond donors (Lipinski definition) is 1. The molecular formula is C14H29N. The third-order valence-corrected chi connectivity index (χ3v) is 3.96. The van der Waals surface area contributed by atoms with Crippen LogP contribution in [0.1, 0.15) is 54.9 Å². The van der Waals surface area contributed by atoms with E-state index in [-0.39, 0.29) is 6.04 Å². The van der Waals surface area contributed by atoms with Crippen molar-refractivity contribution in [2.75, 3.05) is 0 Å². The van der Waals surface area contributed by atoms with Crippen LogP contribution in [0.2, 0.25) is 0 Å². The summed E-state index contributed by atoms with van der Waals surface area (Å²) >= 11 is 0. The summed E-state index contributed by atoms with van der Waals surface area (Å²) < 4.78 is 0. The van der Waals surface area contributed by atoms with E-state index in [4.69, 9.17) is 5.73 Å². The smallest absolute Gasteiger partial charge is 0.00469 e. The molecule has 1 heteroatoms. The molecule has 0 saturated heterocycles. The zero-order valence-electron chi connectivity index (χ0n) is 11.6. The Labute approximate surface area is 96.1 Å². The van der Waals surface area contributed by atoms with Crippen molar-refractivity contribution < 1.29 is 0 Å². The molecule has 0 aliphatic rings. The van der Waals surface area contributed by atoms with E-state index in [2.05, 4.69) is 48.5 Å². The Kier molecular flexibility index (Phi) is 6.19. The van der Waals surface area contributed by atoms with Crippen LogP contribution in [0.25, 0.3) is 0 Å². The summed E-state index contributed by atoms with van der Waals surface area (Å²) in [7, 11) is 0. The summed E-state index contributed by atoms with van der Waals surface area (Å²) in [5, 5.41) is 0. The minimum absolute atomic E-state index is 0.282. The number of rotatable bonds is 5. The van der Waals surface area contributed by atoms with Gasteiger partial charge in [0.15, 0.2) is 0 Å². The van der Waals surface area contributed by atoms with Crippen molar-refractivity contribution in [3.05, 3.63) is 11.1 Å². The Hall–Kier alpha value is -0.300. The van der Waals surface area contributed by atoms with Gasteiger partial charge in [-0.1, -0.05) is 38.3 Å². The van der Waals surface area contributed by atoms with Crippen LogP contribution in [-0.4, -0.2) is 6.04 Å². The average Bonchev–Trinajstić information content (AvgIpc) is 2.15. The Morgan fingerprint density at radius 1 is 1.07 bits per heavy atom. The molecule has 0 bridgehead atoms. The van der Waals surface area contributed by atoms with Gasteiger partial charge in [-0.15, -0.1) is 0 Å². The third kappa shape index (κ3) is 3.98. The molecule has 1 nitrogen and oxygen atoms in total. The molecule has 0 aliphatic carbocycles. The van der Waals surface area contributed by atoms with Crippen LogP contribution in [0.15, 0.2) is 11.1 Å². The molecule has 0 aliphatic heterocycles. The molecule has 0 aromatic heterocycles. The van der Waals surface area contributed by atoms with Gasteiger partial charge in [-0.2, -0.15) is 0 Å². The van der Waals surface area contributed by atoms with E-state index in [1.807, 2.05) is 0 Å². The molecule has 0 radical (unpaired) electrons. The maximum atomic E-state index is 6.13. The van der Waals surface area contributed by atoms with Gasteiger partial charge in [0.25, 0.3) is 0 Å². The van der Waals surface area contributed by atoms with Gasteiger partial charge >= 0.3 is 0 Å². The largest absolute Gasteiger partial charge is 0.328 e. The summed E-state index contributed by atoms with van der Waals surface area (Å²) in [5.41, 5.74) is 9.08. The molecule has 15 heavy (non-hydrogen) atoms. The van der Waals surface area contributed by atoms with E-state index in [9.17, 15) is 0 Å². The lowest BCUT2D eigenvalue weighted by Crippen LogP contribution is -2.36. The van der Waals surface area contributed by atoms with Crippen LogP contribution in [-0.2, 0) is 0 Å². The zero-order chi connectivity index (χ0) is 12.2. The van der Waals surface area contributed by atoms with Gasteiger partial charge in [-0.25, -0.2) is 0 Å². The predicted molar refractivity (Wildman–Crippen MR) is 69.8 cm³/mol. The predicted octanol–water partition coefficient (Wildman–Crippen LogP) is 3.99. The Morgan fingerprint density at radius 2 is 1.53 bits per heavy atom. The van der Waals surface area contributed by atoms with Crippen molar-refractivity contribution in [1.82, 2.24) is 0 Å². The Balaban J connectivity index is 4.86. The summed E-state index contributed by atoms with van der Waals surface area (Å²) in [4.78, 5) is 0. The maximum Gasteiger partial charge on any atom is 0.00469 e. The molecule has 0 heterocycles. The lowest BCUT2D eigenvalue weighted by Gasteiger charge is -2.33. The normalized spacial score (nSPS) is 19.2. The van der Waals surface area contributed by atoms with Gasteiger partial charge in [0.05, 0.1) is 0 Å². The minimum atomic E-state index is 0.282. The molecule has 90 valence electrons. The molecular weight excluding hydrogens is 182 g/mol. The lowest BCUT2D eigenvalue weighted by atomic mass is 9.74. The van der Waals surface area contributed by atoms with Crippen LogP contribution >= 0.6 is 0 Å². The fraction of sp³-hybridized carbons (Fsp3) is 0.857. The van der Waals surface area contributed by atoms with Crippen molar-refractivity contribution in [2.24, 2.45) is 23.5 Å². The average molecular weight is 211 g/mol. The lowest BCUT2D eigenvalue weighted by molar-refractivity contribution is 0.238. The highest BCUT2D eigenvalue weighted by molar-refractivity contribution is 5.12. The van der Waals surface area contributed by atoms with Crippen molar-refractivity contribution in [3.63, 3.8) is 0 Å². The highest BCUT2D eigenvalue weighted by Crippen LogP contribution is 2.32. The monoisotopic (exact) mass is 211 g/mol. The molecule has 0 rings (SSSR count). The van der Waals surface area contributed by atoms with Crippen molar-refractivity contribution >= 4 is 0 Å². The molecule has 0 spiro atoms. The van der Waals surface area contributed by atoms with E-state index in [0.717, 1.165) is 0 Å². The summed E-state index contributed by atoms with van der Waals surface area (Å²) in [5.74, 6) is 1.91. The number of allylic oxidation sites excluding steroid dienone is 2. The molecule has 0 amide bonds. The third-order valence-electron chi connectivity index (χ3n) is 3.96. The quantitative estimate of drug-likeness (QED) is 0.684. The molecule has 0 aromatic carbocycles. The number of hydrogen-bond acceptors (Lipinski definition) is 1. The topological polar surface area (TPSA) is 26.0 Å². The van der Waals surface area contributed by atoms with Gasteiger partial charge in [0.2, 0.25) is 0 Å². The van der Waals surface area contributed by atoms with E-state index in [1.165, 1.54) is 17.6 Å². The van der Waals surface area contributed by atoms with Gasteiger partial charge in [0.1, 0.15) is 0 Å². The Bertz CT molecular complexity index is 211. The Morgan fingerprint density at radius 3 is 1.80 bits per heavy atom. The standard InChI is InChI=1S/C14H29N/c1-8-10(4)14(13(7)15)12(6)11(5)9(2)3/h10,12-14H,8,15H2,1-7H3. The van der Waals surface area contributed by atoms with E-state index >= 15 is 0 Å². The van der Waals surface area contributed by atoms with Crippen molar-refractivity contribution in [1.29, 1.82) is 0 Å². The highest BCUT2D eigenvalue weighted by atomic mass is 14.6. The first-order valence-electron chi connectivity index (χ1n) is 6.22. The molecule has 4 atom stereocenters. The van der Waals surface area contributed by atoms with Crippen LogP contribution in [0.3, 0.4) is 0 Å². The van der Waals surface area contributed by atoms with Crippen LogP contribution in [0.4, 0.5) is 0 Å². The fourth-order valence-corrected chi connectivity index (χ4v) is 2.48. The van der Waals surface area contributed by atoms with Gasteiger partial charge in [-0.3, -0.25) is 0 Å². The molecule has 4 unspecified atom stereocenters. The first-order valence-corrected chi connectivity index (χ1v) is 6.22. The second-order valence-corrected chi connectivity index (χ2v) is 5.29.